The summed E-state index contributed by atoms with van der Waals surface area (Å²) in [4.78, 5) is 24.1. The Kier molecular flexibility index (Phi) is 7.68. The Hall–Kier alpha value is -4.44. The van der Waals surface area contributed by atoms with Gasteiger partial charge in [0.1, 0.15) is 0 Å². The molecule has 1 aliphatic heterocycles. The van der Waals surface area contributed by atoms with Crippen LogP contribution in [0.25, 0.3) is 23.1 Å². The molecule has 4 aromatic rings. The molecule has 6 rings (SSSR count). The third kappa shape index (κ3) is 5.67. The number of alkyl halides is 3. The van der Waals surface area contributed by atoms with Crippen molar-refractivity contribution < 1.29 is 27.9 Å². The second-order valence-electron chi connectivity index (χ2n) is 10.9. The van der Waals surface area contributed by atoms with E-state index in [9.17, 15) is 18.0 Å². The maximum atomic E-state index is 13.0. The van der Waals surface area contributed by atoms with Crippen molar-refractivity contribution in [2.75, 3.05) is 19.4 Å². The van der Waals surface area contributed by atoms with Crippen molar-refractivity contribution >= 4 is 40.6 Å². The highest BCUT2D eigenvalue weighted by atomic mass is 19.4. The molecule has 1 spiro atoms. The van der Waals surface area contributed by atoms with Crippen LogP contribution in [0.2, 0.25) is 0 Å². The van der Waals surface area contributed by atoms with E-state index in [0.717, 1.165) is 52.8 Å². The topological polar surface area (TPSA) is 98.3 Å². The first-order valence-corrected chi connectivity index (χ1v) is 13.6. The molecule has 2 atom stereocenters. The summed E-state index contributed by atoms with van der Waals surface area (Å²) in [6, 6.07) is 21.5. The molecule has 7 nitrogen and oxygen atoms in total. The number of carboxylic acid groups (broad SMARTS) is 1. The molecular formula is C32H31F3N4O3. The molecule has 0 radical (unpaired) electrons. The fourth-order valence-corrected chi connectivity index (χ4v) is 5.54. The van der Waals surface area contributed by atoms with Crippen molar-refractivity contribution in [2.45, 2.75) is 43.8 Å². The predicted octanol–water partition coefficient (Wildman–Crippen LogP) is 6.37. The van der Waals surface area contributed by atoms with Crippen LogP contribution >= 0.6 is 0 Å². The minimum atomic E-state index is -5.08. The number of hydrogen-bond donors (Lipinski definition) is 3. The number of amides is 1. The monoisotopic (exact) mass is 576 g/mol. The molecule has 218 valence electrons. The van der Waals surface area contributed by atoms with Gasteiger partial charge in [0.05, 0.1) is 16.6 Å². The molecule has 10 heteroatoms. The second-order valence-corrected chi connectivity index (χ2v) is 10.9. The summed E-state index contributed by atoms with van der Waals surface area (Å²) in [6.07, 6.45) is 0.906. The van der Waals surface area contributed by atoms with E-state index >= 15 is 0 Å². The summed E-state index contributed by atoms with van der Waals surface area (Å²) < 4.78 is 31.7. The number of aromatic nitrogens is 2. The van der Waals surface area contributed by atoms with Gasteiger partial charge in [-0.05, 0) is 73.0 Å². The number of nitrogens with one attached hydrogen (secondary N) is 2. The van der Waals surface area contributed by atoms with Crippen molar-refractivity contribution in [3.8, 4) is 0 Å². The van der Waals surface area contributed by atoms with E-state index in [4.69, 9.17) is 9.90 Å². The quantitative estimate of drug-likeness (QED) is 0.248. The van der Waals surface area contributed by atoms with Crippen LogP contribution in [0.3, 0.4) is 0 Å². The minimum absolute atomic E-state index is 0.135. The van der Waals surface area contributed by atoms with Crippen LogP contribution in [-0.2, 0) is 28.0 Å². The number of H-pyrrole nitrogens is 1. The maximum absolute atomic E-state index is 13.0. The van der Waals surface area contributed by atoms with Gasteiger partial charge in [0.2, 0.25) is 5.91 Å². The summed E-state index contributed by atoms with van der Waals surface area (Å²) in [7, 11) is 4.16. The van der Waals surface area contributed by atoms with E-state index in [1.807, 2.05) is 0 Å². The number of aromatic amines is 1. The standard InChI is InChI=1S/C30H30N4O.C2HF3O2/c1-4-19-9-14-27-24(15-19)30(29(35)31-27)17-25(30)22-11-12-23-26(32-33-28(23)16-22)13-10-20-5-7-21(8-6-20)18-34(2)3;3-2(4,5)1(6)7/h5-16,25H,4,17-18H2,1-3H3,(H,31,35)(H,32,33);(H,6,7)/b13-10+;. The van der Waals surface area contributed by atoms with Crippen molar-refractivity contribution in [3.63, 3.8) is 0 Å². The number of rotatable bonds is 6. The SMILES string of the molecule is CCc1ccc2c(c1)C1(CC1c1ccc3c(/C=C/c4ccc(CN(C)C)cc4)n[nH]c3c1)C(=O)N2.O=C(O)C(F)(F)F. The Balaban J connectivity index is 0.000000451. The molecule has 1 saturated carbocycles. The highest BCUT2D eigenvalue weighted by molar-refractivity contribution is 6.10. The van der Waals surface area contributed by atoms with Gasteiger partial charge in [0.25, 0.3) is 0 Å². The van der Waals surface area contributed by atoms with Crippen LogP contribution in [0.1, 0.15) is 52.8 Å². The van der Waals surface area contributed by atoms with Crippen LogP contribution in [0.4, 0.5) is 18.9 Å². The molecule has 0 bridgehead atoms. The summed E-state index contributed by atoms with van der Waals surface area (Å²) >= 11 is 0. The molecule has 3 aromatic carbocycles. The number of aryl methyl sites for hydroxylation is 1. The number of carbonyl (C=O) groups excluding carboxylic acids is 1. The summed E-state index contributed by atoms with van der Waals surface area (Å²) in [5, 5.41) is 19.1. The zero-order chi connectivity index (χ0) is 30.2. The highest BCUT2D eigenvalue weighted by Gasteiger charge is 2.65. The number of benzene rings is 3. The first-order chi connectivity index (χ1) is 19.9. The largest absolute Gasteiger partial charge is 0.490 e. The second kappa shape index (κ2) is 11.1. The van der Waals surface area contributed by atoms with Crippen LogP contribution in [0.15, 0.2) is 60.7 Å². The molecular weight excluding hydrogens is 545 g/mol. The van der Waals surface area contributed by atoms with Gasteiger partial charge in [-0.15, -0.1) is 0 Å². The first kappa shape index (κ1) is 29.1. The predicted molar refractivity (Wildman–Crippen MR) is 156 cm³/mol. The number of carbonyl (C=O) groups is 2. The molecule has 2 unspecified atom stereocenters. The molecule has 3 N–H and O–H groups in total. The van der Waals surface area contributed by atoms with Crippen molar-refractivity contribution in [1.82, 2.24) is 15.1 Å². The van der Waals surface area contributed by atoms with Gasteiger partial charge in [-0.3, -0.25) is 9.89 Å². The van der Waals surface area contributed by atoms with Gasteiger partial charge >= 0.3 is 12.1 Å². The minimum Gasteiger partial charge on any atom is -0.475 e. The normalized spacial score (nSPS) is 19.2. The lowest BCUT2D eigenvalue weighted by Crippen LogP contribution is -2.21. The highest BCUT2D eigenvalue weighted by Crippen LogP contribution is 2.65. The van der Waals surface area contributed by atoms with Crippen LogP contribution in [-0.4, -0.2) is 52.4 Å². The average Bonchev–Trinajstić information content (AvgIpc) is 3.48. The summed E-state index contributed by atoms with van der Waals surface area (Å²) in [5.41, 5.74) is 8.56. The fraction of sp³-hybridized carbons (Fsp3) is 0.281. The Morgan fingerprint density at radius 1 is 1.07 bits per heavy atom. The number of halogens is 3. The number of carboxylic acids is 1. The number of aliphatic carboxylic acids is 1. The maximum Gasteiger partial charge on any atom is 0.490 e. The Morgan fingerprint density at radius 2 is 1.76 bits per heavy atom. The summed E-state index contributed by atoms with van der Waals surface area (Å²) in [5.74, 6) is -2.42. The number of fused-ring (bicyclic) bond motifs is 3. The Labute approximate surface area is 241 Å². The zero-order valence-electron chi connectivity index (χ0n) is 23.4. The van der Waals surface area contributed by atoms with E-state index < -0.39 is 17.6 Å². The van der Waals surface area contributed by atoms with Crippen molar-refractivity contribution in [1.29, 1.82) is 0 Å². The average molecular weight is 577 g/mol. The van der Waals surface area contributed by atoms with E-state index in [1.165, 1.54) is 16.7 Å². The van der Waals surface area contributed by atoms with Crippen molar-refractivity contribution in [3.05, 3.63) is 94.2 Å². The third-order valence-electron chi connectivity index (χ3n) is 7.76. The van der Waals surface area contributed by atoms with Gasteiger partial charge in [-0.1, -0.05) is 61.5 Å². The van der Waals surface area contributed by atoms with Gasteiger partial charge in [-0.2, -0.15) is 18.3 Å². The molecule has 42 heavy (non-hydrogen) atoms. The van der Waals surface area contributed by atoms with E-state index in [-0.39, 0.29) is 11.8 Å². The zero-order valence-corrected chi connectivity index (χ0v) is 23.4. The molecule has 0 saturated heterocycles. The number of nitrogens with zero attached hydrogens (tertiary/aromatic N) is 2. The van der Waals surface area contributed by atoms with Gasteiger partial charge in [0, 0.05) is 23.5 Å². The smallest absolute Gasteiger partial charge is 0.475 e. The summed E-state index contributed by atoms with van der Waals surface area (Å²) in [6.45, 7) is 3.09. The molecule has 2 aliphatic rings. The van der Waals surface area contributed by atoms with Crippen LogP contribution < -0.4 is 5.32 Å². The molecule has 1 fully saturated rings. The number of hydrogen-bond acceptors (Lipinski definition) is 4. The first-order valence-electron chi connectivity index (χ1n) is 13.6. The third-order valence-corrected chi connectivity index (χ3v) is 7.76. The molecule has 1 aromatic heterocycles. The number of anilines is 1. The Morgan fingerprint density at radius 3 is 2.40 bits per heavy atom. The van der Waals surface area contributed by atoms with Crippen LogP contribution in [0, 0.1) is 0 Å². The van der Waals surface area contributed by atoms with E-state index in [2.05, 4.69) is 114 Å². The lowest BCUT2D eigenvalue weighted by molar-refractivity contribution is -0.192. The van der Waals surface area contributed by atoms with Gasteiger partial charge in [0.15, 0.2) is 0 Å². The van der Waals surface area contributed by atoms with Gasteiger partial charge < -0.3 is 15.3 Å². The van der Waals surface area contributed by atoms with E-state index in [0.29, 0.717) is 0 Å². The van der Waals surface area contributed by atoms with E-state index in [1.54, 1.807) is 0 Å². The Bertz CT molecular complexity index is 1670. The van der Waals surface area contributed by atoms with Crippen LogP contribution in [0.5, 0.6) is 0 Å². The van der Waals surface area contributed by atoms with Gasteiger partial charge in [-0.25, -0.2) is 4.79 Å². The lowest BCUT2D eigenvalue weighted by atomic mass is 9.90. The lowest BCUT2D eigenvalue weighted by Gasteiger charge is -2.10. The molecule has 1 amide bonds. The fourth-order valence-electron chi connectivity index (χ4n) is 5.54. The molecule has 1 aliphatic carbocycles. The molecule has 2 heterocycles. The van der Waals surface area contributed by atoms with Crippen molar-refractivity contribution in [2.24, 2.45) is 0 Å².